The van der Waals surface area contributed by atoms with Crippen molar-refractivity contribution in [1.29, 1.82) is 0 Å². The Balaban J connectivity index is 2.67. The Hall–Kier alpha value is -1.02. The first-order chi connectivity index (χ1) is 4.93. The molecule has 0 saturated heterocycles. The highest BCUT2D eigenvalue weighted by Gasteiger charge is 1.78. The average molecular weight is 149 g/mol. The molecule has 0 amide bonds. The fraction of sp³-hybridized carbons (Fsp3) is 0. The van der Waals surface area contributed by atoms with Crippen LogP contribution in [0.1, 0.15) is 5.56 Å². The lowest BCUT2D eigenvalue weighted by molar-refractivity contribution is 1.41. The van der Waals surface area contributed by atoms with Gasteiger partial charge in [0.15, 0.2) is 0 Å². The van der Waals surface area contributed by atoms with Crippen LogP contribution in [-0.4, -0.2) is 10.4 Å². The standard InChI is InChI=1S/C8H11NSi/c10-9-7-6-8-4-2-1-3-5-8/h1-7,9H,10H3/b7-6+. The molecular weight excluding hydrogens is 138 g/mol. The first kappa shape index (κ1) is 7.09. The van der Waals surface area contributed by atoms with E-state index in [0.717, 1.165) is 10.4 Å². The van der Waals surface area contributed by atoms with Gasteiger partial charge in [-0.3, -0.25) is 0 Å². The van der Waals surface area contributed by atoms with E-state index in [2.05, 4.69) is 23.2 Å². The third-order valence-corrected chi connectivity index (χ3v) is 1.58. The van der Waals surface area contributed by atoms with Crippen LogP contribution >= 0.6 is 0 Å². The molecule has 0 fully saturated rings. The van der Waals surface area contributed by atoms with Gasteiger partial charge in [-0.1, -0.05) is 30.3 Å². The van der Waals surface area contributed by atoms with Gasteiger partial charge in [-0.15, -0.1) is 0 Å². The zero-order valence-electron chi connectivity index (χ0n) is 6.04. The molecule has 0 radical (unpaired) electrons. The Kier molecular flexibility index (Phi) is 2.77. The maximum atomic E-state index is 3.07. The first-order valence-corrected chi connectivity index (χ1v) is 4.32. The molecule has 0 saturated carbocycles. The second-order valence-electron chi connectivity index (χ2n) is 2.03. The zero-order chi connectivity index (χ0) is 7.23. The topological polar surface area (TPSA) is 12.0 Å². The molecule has 0 unspecified atom stereocenters. The van der Waals surface area contributed by atoms with E-state index in [1.54, 1.807) is 0 Å². The molecule has 1 aromatic rings. The normalized spacial score (nSPS) is 10.4. The fourth-order valence-electron chi connectivity index (χ4n) is 0.744. The number of hydrogen-bond acceptors (Lipinski definition) is 1. The molecule has 1 nitrogen and oxygen atoms in total. The molecular formula is C8H11NSi. The molecule has 52 valence electrons. The highest BCUT2D eigenvalue weighted by atomic mass is 28.2. The number of hydrogen-bond donors (Lipinski definition) is 1. The predicted octanol–water partition coefficient (Wildman–Crippen LogP) is 0.527. The lowest BCUT2D eigenvalue weighted by Crippen LogP contribution is -1.93. The van der Waals surface area contributed by atoms with Crippen LogP contribution in [0.25, 0.3) is 6.08 Å². The highest BCUT2D eigenvalue weighted by molar-refractivity contribution is 6.05. The Morgan fingerprint density at radius 1 is 1.20 bits per heavy atom. The van der Waals surface area contributed by atoms with Gasteiger partial charge in [-0.2, -0.15) is 0 Å². The lowest BCUT2D eigenvalue weighted by Gasteiger charge is -1.89. The van der Waals surface area contributed by atoms with Crippen molar-refractivity contribution in [2.45, 2.75) is 0 Å². The van der Waals surface area contributed by atoms with E-state index < -0.39 is 0 Å². The highest BCUT2D eigenvalue weighted by Crippen LogP contribution is 1.98. The van der Waals surface area contributed by atoms with Gasteiger partial charge in [0.05, 0.1) is 0 Å². The van der Waals surface area contributed by atoms with Gasteiger partial charge < -0.3 is 4.98 Å². The van der Waals surface area contributed by atoms with E-state index in [4.69, 9.17) is 0 Å². The summed E-state index contributed by atoms with van der Waals surface area (Å²) < 4.78 is 0. The minimum Gasteiger partial charge on any atom is -0.424 e. The SMILES string of the molecule is [SiH3]N/C=C/c1ccccc1. The molecule has 0 heterocycles. The minimum absolute atomic E-state index is 1.01. The van der Waals surface area contributed by atoms with E-state index >= 15 is 0 Å². The second kappa shape index (κ2) is 3.90. The van der Waals surface area contributed by atoms with Gasteiger partial charge in [0.25, 0.3) is 0 Å². The van der Waals surface area contributed by atoms with E-state index in [0.29, 0.717) is 0 Å². The van der Waals surface area contributed by atoms with Crippen molar-refractivity contribution in [2.75, 3.05) is 0 Å². The summed E-state index contributed by atoms with van der Waals surface area (Å²) in [5.41, 5.74) is 1.24. The Bertz CT molecular complexity index is 206. The van der Waals surface area contributed by atoms with Crippen molar-refractivity contribution in [3.63, 3.8) is 0 Å². The molecule has 1 aromatic carbocycles. The van der Waals surface area contributed by atoms with Gasteiger partial charge in [-0.05, 0) is 17.8 Å². The third-order valence-electron chi connectivity index (χ3n) is 1.24. The fourth-order valence-corrected chi connectivity index (χ4v) is 0.910. The minimum atomic E-state index is 1.01. The van der Waals surface area contributed by atoms with Crippen LogP contribution in [0.2, 0.25) is 0 Å². The van der Waals surface area contributed by atoms with E-state index in [-0.39, 0.29) is 0 Å². The number of benzene rings is 1. The van der Waals surface area contributed by atoms with Gasteiger partial charge in [0.2, 0.25) is 0 Å². The summed E-state index contributed by atoms with van der Waals surface area (Å²) in [4.78, 5) is 3.07. The van der Waals surface area contributed by atoms with Crippen molar-refractivity contribution < 1.29 is 0 Å². The first-order valence-electron chi connectivity index (χ1n) is 3.32. The second-order valence-corrected chi connectivity index (χ2v) is 2.61. The van der Waals surface area contributed by atoms with Crippen LogP contribution in [0.4, 0.5) is 0 Å². The van der Waals surface area contributed by atoms with Crippen molar-refractivity contribution in [3.05, 3.63) is 42.1 Å². The molecule has 0 atom stereocenters. The summed E-state index contributed by atoms with van der Waals surface area (Å²) >= 11 is 0. The molecule has 1 N–H and O–H groups in total. The maximum absolute atomic E-state index is 3.07. The summed E-state index contributed by atoms with van der Waals surface area (Å²) in [6.45, 7) is 0. The lowest BCUT2D eigenvalue weighted by atomic mass is 10.2. The Labute approximate surface area is 64.3 Å². The summed E-state index contributed by atoms with van der Waals surface area (Å²) in [6, 6.07) is 10.2. The van der Waals surface area contributed by atoms with Crippen molar-refractivity contribution in [1.82, 2.24) is 4.98 Å². The average Bonchev–Trinajstić information content (AvgIpc) is 2.03. The number of rotatable bonds is 2. The molecule has 10 heavy (non-hydrogen) atoms. The van der Waals surface area contributed by atoms with Gasteiger partial charge in [0, 0.05) is 0 Å². The van der Waals surface area contributed by atoms with E-state index in [1.165, 1.54) is 5.56 Å². The van der Waals surface area contributed by atoms with Crippen LogP contribution in [0.15, 0.2) is 36.5 Å². The van der Waals surface area contributed by atoms with E-state index in [9.17, 15) is 0 Å². The summed E-state index contributed by atoms with van der Waals surface area (Å²) in [5, 5.41) is 0. The van der Waals surface area contributed by atoms with Crippen molar-refractivity contribution >= 4 is 16.5 Å². The summed E-state index contributed by atoms with van der Waals surface area (Å²) in [5.74, 6) is 0. The van der Waals surface area contributed by atoms with Crippen LogP contribution in [0.5, 0.6) is 0 Å². The molecule has 0 aromatic heterocycles. The van der Waals surface area contributed by atoms with Gasteiger partial charge >= 0.3 is 0 Å². The van der Waals surface area contributed by atoms with Crippen LogP contribution < -0.4 is 4.98 Å². The van der Waals surface area contributed by atoms with Crippen molar-refractivity contribution in [3.8, 4) is 0 Å². The maximum Gasteiger partial charge on any atom is 0.103 e. The Morgan fingerprint density at radius 2 is 1.90 bits per heavy atom. The monoisotopic (exact) mass is 149 g/mol. The zero-order valence-corrected chi connectivity index (χ0v) is 8.04. The Morgan fingerprint density at radius 3 is 2.50 bits per heavy atom. The van der Waals surface area contributed by atoms with Crippen LogP contribution in [0, 0.1) is 0 Å². The third kappa shape index (κ3) is 2.07. The summed E-state index contributed by atoms with van der Waals surface area (Å²) in [7, 11) is 1.01. The van der Waals surface area contributed by atoms with E-state index in [1.807, 2.05) is 24.4 Å². The largest absolute Gasteiger partial charge is 0.424 e. The van der Waals surface area contributed by atoms with Gasteiger partial charge in [-0.25, -0.2) is 0 Å². The molecule has 0 aliphatic carbocycles. The molecule has 0 aliphatic rings. The molecule has 2 heteroatoms. The smallest absolute Gasteiger partial charge is 0.103 e. The summed E-state index contributed by atoms with van der Waals surface area (Å²) in [6.07, 6.45) is 4.04. The molecule has 1 rings (SSSR count). The van der Waals surface area contributed by atoms with Crippen LogP contribution in [0.3, 0.4) is 0 Å². The van der Waals surface area contributed by atoms with Gasteiger partial charge in [0.1, 0.15) is 10.4 Å². The van der Waals surface area contributed by atoms with Crippen LogP contribution in [-0.2, 0) is 0 Å². The molecule has 0 spiro atoms. The molecule has 0 bridgehead atoms. The number of nitrogens with one attached hydrogen (secondary N) is 1. The quantitative estimate of drug-likeness (QED) is 0.605. The predicted molar refractivity (Wildman–Crippen MR) is 48.6 cm³/mol. The molecule has 0 aliphatic heterocycles. The van der Waals surface area contributed by atoms with Crippen molar-refractivity contribution in [2.24, 2.45) is 0 Å².